The lowest BCUT2D eigenvalue weighted by molar-refractivity contribution is 0.0672. The van der Waals surface area contributed by atoms with Crippen LogP contribution in [-0.4, -0.2) is 44.3 Å². The largest absolute Gasteiger partial charge is 0.506 e. The Morgan fingerprint density at radius 3 is 2.00 bits per heavy atom. The number of hydrogen-bond donors (Lipinski definition) is 4. The minimum atomic E-state index is -1.71. The molecule has 4 N–H and O–H groups in total. The summed E-state index contributed by atoms with van der Waals surface area (Å²) in [6, 6.07) is 6.60. The Kier molecular flexibility index (Phi) is 4.69. The molecule has 0 unspecified atom stereocenters. The molecule has 128 valence electrons. The predicted molar refractivity (Wildman–Crippen MR) is 80.4 cm³/mol. The van der Waals surface area contributed by atoms with Crippen LogP contribution in [0.1, 0.15) is 41.4 Å². The van der Waals surface area contributed by atoms with E-state index in [9.17, 15) is 24.3 Å². The molecule has 0 aliphatic heterocycles. The van der Waals surface area contributed by atoms with Crippen molar-refractivity contribution in [3.05, 3.63) is 58.7 Å². The first kappa shape index (κ1) is 17.5. The second-order valence-electron chi connectivity index (χ2n) is 4.72. The molecule has 9 nitrogen and oxygen atoms in total. The van der Waals surface area contributed by atoms with E-state index in [2.05, 4.69) is 0 Å². The molecule has 0 amide bonds. The van der Waals surface area contributed by atoms with Gasteiger partial charge in [0.25, 0.3) is 0 Å². The summed E-state index contributed by atoms with van der Waals surface area (Å²) >= 11 is 0. The SMILES string of the molecule is O=C(O)c1cccc(C(=O)Oc2ccc(C(=O)O)c(O)c2C(=O)O)c1. The van der Waals surface area contributed by atoms with Crippen molar-refractivity contribution in [2.24, 2.45) is 0 Å². The number of carbonyl (C=O) groups excluding carboxylic acids is 1. The lowest BCUT2D eigenvalue weighted by Crippen LogP contribution is -2.13. The van der Waals surface area contributed by atoms with Crippen LogP contribution in [0.15, 0.2) is 36.4 Å². The maximum absolute atomic E-state index is 12.1. The Labute approximate surface area is 139 Å². The second-order valence-corrected chi connectivity index (χ2v) is 4.72. The molecule has 0 aromatic heterocycles. The van der Waals surface area contributed by atoms with E-state index >= 15 is 0 Å². The number of ether oxygens (including phenoxy) is 1. The molecule has 0 radical (unpaired) electrons. The van der Waals surface area contributed by atoms with Gasteiger partial charge in [0.05, 0.1) is 11.1 Å². The molecule has 2 aromatic carbocycles. The van der Waals surface area contributed by atoms with Gasteiger partial charge in [0.15, 0.2) is 0 Å². The number of benzene rings is 2. The van der Waals surface area contributed by atoms with Crippen molar-refractivity contribution in [2.75, 3.05) is 0 Å². The third-order valence-electron chi connectivity index (χ3n) is 3.13. The molecule has 0 bridgehead atoms. The highest BCUT2D eigenvalue weighted by molar-refractivity contribution is 6.02. The molecule has 2 aromatic rings. The van der Waals surface area contributed by atoms with Crippen LogP contribution in [0.2, 0.25) is 0 Å². The highest BCUT2D eigenvalue weighted by atomic mass is 16.5. The monoisotopic (exact) mass is 346 g/mol. The molecule has 0 aliphatic rings. The number of hydrogen-bond acceptors (Lipinski definition) is 6. The number of carboxylic acids is 3. The molecule has 2 rings (SSSR count). The number of aromatic hydroxyl groups is 1. The number of phenols is 1. The number of aromatic carboxylic acids is 3. The molecule has 0 saturated heterocycles. The number of rotatable bonds is 5. The Morgan fingerprint density at radius 1 is 0.800 bits per heavy atom. The minimum absolute atomic E-state index is 0.168. The Morgan fingerprint density at radius 2 is 1.44 bits per heavy atom. The van der Waals surface area contributed by atoms with Gasteiger partial charge in [-0.25, -0.2) is 19.2 Å². The zero-order valence-corrected chi connectivity index (χ0v) is 12.3. The van der Waals surface area contributed by atoms with Gasteiger partial charge in [0.2, 0.25) is 0 Å². The molecule has 0 atom stereocenters. The van der Waals surface area contributed by atoms with E-state index in [0.29, 0.717) is 0 Å². The van der Waals surface area contributed by atoms with E-state index in [1.165, 1.54) is 18.2 Å². The van der Waals surface area contributed by atoms with Gasteiger partial charge in [-0.1, -0.05) is 6.07 Å². The average molecular weight is 346 g/mol. The van der Waals surface area contributed by atoms with Crippen molar-refractivity contribution >= 4 is 23.9 Å². The number of carbonyl (C=O) groups is 4. The summed E-state index contributed by atoms with van der Waals surface area (Å²) in [5.41, 5.74) is -1.93. The van der Waals surface area contributed by atoms with Gasteiger partial charge >= 0.3 is 23.9 Å². The van der Waals surface area contributed by atoms with Gasteiger partial charge in [-0.3, -0.25) is 0 Å². The third kappa shape index (κ3) is 3.55. The first-order chi connectivity index (χ1) is 11.7. The van der Waals surface area contributed by atoms with E-state index in [-0.39, 0.29) is 11.1 Å². The molecule has 0 heterocycles. The highest BCUT2D eigenvalue weighted by Crippen LogP contribution is 2.32. The molecule has 25 heavy (non-hydrogen) atoms. The van der Waals surface area contributed by atoms with Crippen LogP contribution in [0.5, 0.6) is 11.5 Å². The van der Waals surface area contributed by atoms with Crippen molar-refractivity contribution in [3.63, 3.8) is 0 Å². The van der Waals surface area contributed by atoms with Crippen LogP contribution in [0, 0.1) is 0 Å². The maximum Gasteiger partial charge on any atom is 0.343 e. The third-order valence-corrected chi connectivity index (χ3v) is 3.13. The number of carboxylic acid groups (broad SMARTS) is 3. The second kappa shape index (κ2) is 6.71. The fraction of sp³-hybridized carbons (Fsp3) is 0. The van der Waals surface area contributed by atoms with Gasteiger partial charge in [-0.15, -0.1) is 0 Å². The quantitative estimate of drug-likeness (QED) is 0.467. The zero-order chi connectivity index (χ0) is 18.7. The topological polar surface area (TPSA) is 158 Å². The summed E-state index contributed by atoms with van der Waals surface area (Å²) in [6.45, 7) is 0. The van der Waals surface area contributed by atoms with Crippen molar-refractivity contribution in [2.45, 2.75) is 0 Å². The fourth-order valence-electron chi connectivity index (χ4n) is 1.97. The van der Waals surface area contributed by atoms with E-state index in [1.54, 1.807) is 0 Å². The zero-order valence-electron chi connectivity index (χ0n) is 12.3. The molecular formula is C16H10O9. The van der Waals surface area contributed by atoms with Crippen LogP contribution in [0.3, 0.4) is 0 Å². The van der Waals surface area contributed by atoms with Crippen molar-refractivity contribution in [1.29, 1.82) is 0 Å². The van der Waals surface area contributed by atoms with E-state index in [4.69, 9.17) is 20.1 Å². The van der Waals surface area contributed by atoms with Crippen molar-refractivity contribution in [1.82, 2.24) is 0 Å². The van der Waals surface area contributed by atoms with Crippen LogP contribution in [0.25, 0.3) is 0 Å². The lowest BCUT2D eigenvalue weighted by Gasteiger charge is -2.11. The van der Waals surface area contributed by atoms with Gasteiger partial charge in [0.1, 0.15) is 22.6 Å². The summed E-state index contributed by atoms with van der Waals surface area (Å²) in [4.78, 5) is 45.2. The van der Waals surface area contributed by atoms with Crippen LogP contribution in [0.4, 0.5) is 0 Å². The van der Waals surface area contributed by atoms with Gasteiger partial charge in [0, 0.05) is 0 Å². The highest BCUT2D eigenvalue weighted by Gasteiger charge is 2.25. The van der Waals surface area contributed by atoms with E-state index < -0.39 is 46.5 Å². The maximum atomic E-state index is 12.1. The van der Waals surface area contributed by atoms with Gasteiger partial charge in [-0.05, 0) is 30.3 Å². The number of esters is 1. The van der Waals surface area contributed by atoms with Crippen molar-refractivity contribution < 1.29 is 44.3 Å². The first-order valence-electron chi connectivity index (χ1n) is 6.60. The molecular weight excluding hydrogens is 336 g/mol. The standard InChI is InChI=1S/C16H10O9/c17-12-9(14(20)21)4-5-10(11(12)15(22)23)25-16(24)8-3-1-2-7(6-8)13(18)19/h1-6,17H,(H,18,19)(H,20,21)(H,22,23). The van der Waals surface area contributed by atoms with E-state index in [0.717, 1.165) is 18.2 Å². The normalized spacial score (nSPS) is 10.1. The predicted octanol–water partition coefficient (Wildman–Crippen LogP) is 1.71. The molecule has 0 fully saturated rings. The Bertz CT molecular complexity index is 898. The summed E-state index contributed by atoms with van der Waals surface area (Å²) in [5, 5.41) is 36.7. The first-order valence-corrected chi connectivity index (χ1v) is 6.60. The van der Waals surface area contributed by atoms with Crippen LogP contribution < -0.4 is 4.74 Å². The summed E-state index contributed by atoms with van der Waals surface area (Å²) in [5.74, 6) is -7.27. The smallest absolute Gasteiger partial charge is 0.343 e. The fourth-order valence-corrected chi connectivity index (χ4v) is 1.97. The Hall–Kier alpha value is -3.88. The van der Waals surface area contributed by atoms with Gasteiger partial charge < -0.3 is 25.2 Å². The summed E-state index contributed by atoms with van der Waals surface area (Å²) in [7, 11) is 0. The van der Waals surface area contributed by atoms with Crippen LogP contribution in [-0.2, 0) is 0 Å². The van der Waals surface area contributed by atoms with Crippen LogP contribution >= 0.6 is 0 Å². The Balaban J connectivity index is 2.43. The molecule has 0 saturated carbocycles. The van der Waals surface area contributed by atoms with Gasteiger partial charge in [-0.2, -0.15) is 0 Å². The summed E-state index contributed by atoms with van der Waals surface area (Å²) in [6.07, 6.45) is 0. The molecule has 9 heteroatoms. The molecule has 0 spiro atoms. The minimum Gasteiger partial charge on any atom is -0.506 e. The summed E-state index contributed by atoms with van der Waals surface area (Å²) < 4.78 is 4.88. The van der Waals surface area contributed by atoms with E-state index in [1.807, 2.05) is 0 Å². The average Bonchev–Trinajstić information content (AvgIpc) is 2.54. The lowest BCUT2D eigenvalue weighted by atomic mass is 10.1. The van der Waals surface area contributed by atoms with Crippen molar-refractivity contribution in [3.8, 4) is 11.5 Å². The molecule has 0 aliphatic carbocycles.